The highest BCUT2D eigenvalue weighted by atomic mass is 32.1. The highest BCUT2D eigenvalue weighted by Gasteiger charge is 2.12. The van der Waals surface area contributed by atoms with E-state index < -0.39 is 0 Å². The van der Waals surface area contributed by atoms with E-state index in [4.69, 9.17) is 14.5 Å². The van der Waals surface area contributed by atoms with Crippen LogP contribution < -0.4 is 14.8 Å². The van der Waals surface area contributed by atoms with Gasteiger partial charge in [-0.2, -0.15) is 0 Å². The highest BCUT2D eigenvalue weighted by molar-refractivity contribution is 7.13. The van der Waals surface area contributed by atoms with Crippen LogP contribution in [-0.4, -0.2) is 25.1 Å². The fourth-order valence-electron chi connectivity index (χ4n) is 2.49. The molecule has 1 aromatic heterocycles. The first kappa shape index (κ1) is 17.9. The normalized spacial score (nSPS) is 10.4. The molecule has 1 N–H and O–H groups in total. The van der Waals surface area contributed by atoms with E-state index in [-0.39, 0.29) is 5.91 Å². The first-order valence-corrected chi connectivity index (χ1v) is 9.10. The van der Waals surface area contributed by atoms with Gasteiger partial charge < -0.3 is 14.8 Å². The lowest BCUT2D eigenvalue weighted by atomic mass is 10.1. The average Bonchev–Trinajstić information content (AvgIpc) is 3.17. The molecule has 0 saturated heterocycles. The van der Waals surface area contributed by atoms with E-state index in [1.54, 1.807) is 25.6 Å². The molecule has 3 aromatic rings. The van der Waals surface area contributed by atoms with Gasteiger partial charge in [0.1, 0.15) is 16.5 Å². The fraction of sp³-hybridized carbons (Fsp3) is 0.200. The van der Waals surface area contributed by atoms with Gasteiger partial charge in [0.2, 0.25) is 5.91 Å². The number of amides is 1. The van der Waals surface area contributed by atoms with E-state index in [1.807, 2.05) is 54.8 Å². The number of carbonyl (C=O) groups excluding carboxylic acids is 1. The summed E-state index contributed by atoms with van der Waals surface area (Å²) in [5.74, 6) is 1.46. The number of carbonyl (C=O) groups is 1. The number of hydrogen-bond acceptors (Lipinski definition) is 5. The molecule has 26 heavy (non-hydrogen) atoms. The number of nitrogens with zero attached hydrogens (tertiary/aromatic N) is 1. The van der Waals surface area contributed by atoms with Crippen LogP contribution in [0.2, 0.25) is 0 Å². The standard InChI is InChI=1S/C20H20N2O3S/c1-4-19(23)21-14-7-5-13(6-8-14)20-22-17(12-26-20)16-10-9-15(24-2)11-18(16)25-3/h5-12H,4H2,1-3H3,(H,21,23). The largest absolute Gasteiger partial charge is 0.497 e. The molecule has 0 radical (unpaired) electrons. The van der Waals surface area contributed by atoms with E-state index in [0.29, 0.717) is 6.42 Å². The molecule has 0 aliphatic rings. The molecule has 0 atom stereocenters. The molecule has 2 aromatic carbocycles. The van der Waals surface area contributed by atoms with Crippen LogP contribution in [0.1, 0.15) is 13.3 Å². The number of aromatic nitrogens is 1. The summed E-state index contributed by atoms with van der Waals surface area (Å²) in [4.78, 5) is 16.2. The van der Waals surface area contributed by atoms with Crippen molar-refractivity contribution in [3.63, 3.8) is 0 Å². The number of thiazole rings is 1. The van der Waals surface area contributed by atoms with Gasteiger partial charge in [0.05, 0.1) is 19.9 Å². The summed E-state index contributed by atoms with van der Waals surface area (Å²) >= 11 is 1.57. The summed E-state index contributed by atoms with van der Waals surface area (Å²) < 4.78 is 10.7. The van der Waals surface area contributed by atoms with Gasteiger partial charge in [-0.15, -0.1) is 11.3 Å². The lowest BCUT2D eigenvalue weighted by Gasteiger charge is -2.08. The van der Waals surface area contributed by atoms with E-state index >= 15 is 0 Å². The zero-order valence-electron chi connectivity index (χ0n) is 14.9. The minimum atomic E-state index is 0.000820. The molecule has 6 heteroatoms. The minimum Gasteiger partial charge on any atom is -0.497 e. The van der Waals surface area contributed by atoms with E-state index in [9.17, 15) is 4.79 Å². The van der Waals surface area contributed by atoms with Crippen LogP contribution in [0.4, 0.5) is 5.69 Å². The number of benzene rings is 2. The Kier molecular flexibility index (Phi) is 5.53. The number of nitrogens with one attached hydrogen (secondary N) is 1. The quantitative estimate of drug-likeness (QED) is 0.676. The molecule has 1 amide bonds. The monoisotopic (exact) mass is 368 g/mol. The van der Waals surface area contributed by atoms with Crippen molar-refractivity contribution in [3.8, 4) is 33.3 Å². The van der Waals surface area contributed by atoms with Crippen LogP contribution >= 0.6 is 11.3 Å². The van der Waals surface area contributed by atoms with Crippen molar-refractivity contribution in [2.45, 2.75) is 13.3 Å². The van der Waals surface area contributed by atoms with Crippen molar-refractivity contribution in [2.75, 3.05) is 19.5 Å². The maximum Gasteiger partial charge on any atom is 0.224 e. The zero-order valence-corrected chi connectivity index (χ0v) is 15.7. The summed E-state index contributed by atoms with van der Waals surface area (Å²) in [6.07, 6.45) is 0.460. The first-order valence-electron chi connectivity index (χ1n) is 8.22. The summed E-state index contributed by atoms with van der Waals surface area (Å²) in [6.45, 7) is 1.83. The smallest absolute Gasteiger partial charge is 0.224 e. The Hall–Kier alpha value is -2.86. The molecular weight excluding hydrogens is 348 g/mol. The Labute approximate surface area is 156 Å². The second-order valence-electron chi connectivity index (χ2n) is 5.58. The van der Waals surface area contributed by atoms with Crippen molar-refractivity contribution in [1.82, 2.24) is 4.98 Å². The Bertz CT molecular complexity index is 904. The molecule has 0 aliphatic carbocycles. The van der Waals surface area contributed by atoms with Crippen LogP contribution in [0.3, 0.4) is 0 Å². The fourth-order valence-corrected chi connectivity index (χ4v) is 3.31. The Morgan fingerprint density at radius 2 is 1.88 bits per heavy atom. The van der Waals surface area contributed by atoms with Crippen LogP contribution in [-0.2, 0) is 4.79 Å². The molecule has 3 rings (SSSR count). The predicted octanol–water partition coefficient (Wildman–Crippen LogP) is 4.84. The van der Waals surface area contributed by atoms with E-state index in [0.717, 1.165) is 39.0 Å². The second kappa shape index (κ2) is 8.01. The van der Waals surface area contributed by atoms with Gasteiger partial charge in [-0.05, 0) is 36.4 Å². The molecule has 1 heterocycles. The molecular formula is C20H20N2O3S. The number of methoxy groups -OCH3 is 2. The van der Waals surface area contributed by atoms with Gasteiger partial charge in [-0.1, -0.05) is 6.92 Å². The average molecular weight is 368 g/mol. The van der Waals surface area contributed by atoms with Crippen molar-refractivity contribution in [2.24, 2.45) is 0 Å². The van der Waals surface area contributed by atoms with Gasteiger partial charge in [-0.25, -0.2) is 4.98 Å². The highest BCUT2D eigenvalue weighted by Crippen LogP contribution is 2.36. The third-order valence-corrected chi connectivity index (χ3v) is 4.82. The van der Waals surface area contributed by atoms with Crippen molar-refractivity contribution in [3.05, 3.63) is 47.8 Å². The molecule has 0 bridgehead atoms. The third kappa shape index (κ3) is 3.86. The third-order valence-electron chi connectivity index (χ3n) is 3.93. The van der Waals surface area contributed by atoms with Gasteiger partial charge in [0.25, 0.3) is 0 Å². The molecule has 0 spiro atoms. The summed E-state index contributed by atoms with van der Waals surface area (Å²) in [5.41, 5.74) is 3.56. The van der Waals surface area contributed by atoms with Crippen molar-refractivity contribution >= 4 is 22.9 Å². The van der Waals surface area contributed by atoms with E-state index in [1.165, 1.54) is 0 Å². The van der Waals surface area contributed by atoms with Gasteiger partial charge in [0, 0.05) is 34.7 Å². The Balaban J connectivity index is 1.85. The predicted molar refractivity (Wildman–Crippen MR) is 105 cm³/mol. The molecule has 0 fully saturated rings. The molecule has 0 aliphatic heterocycles. The lowest BCUT2D eigenvalue weighted by Crippen LogP contribution is -2.08. The van der Waals surface area contributed by atoms with Gasteiger partial charge in [0.15, 0.2) is 0 Å². The number of hydrogen-bond donors (Lipinski definition) is 1. The van der Waals surface area contributed by atoms with Crippen LogP contribution in [0.15, 0.2) is 47.8 Å². The summed E-state index contributed by atoms with van der Waals surface area (Å²) in [6, 6.07) is 13.4. The van der Waals surface area contributed by atoms with Crippen molar-refractivity contribution in [1.29, 1.82) is 0 Å². The molecule has 134 valence electrons. The Morgan fingerprint density at radius 1 is 1.12 bits per heavy atom. The summed E-state index contributed by atoms with van der Waals surface area (Å²) in [7, 11) is 3.26. The number of ether oxygens (including phenoxy) is 2. The second-order valence-corrected chi connectivity index (χ2v) is 6.44. The SMILES string of the molecule is CCC(=O)Nc1ccc(-c2nc(-c3ccc(OC)cc3OC)cs2)cc1. The first-order chi connectivity index (χ1) is 12.6. The van der Waals surface area contributed by atoms with E-state index in [2.05, 4.69) is 5.32 Å². The van der Waals surface area contributed by atoms with Crippen LogP contribution in [0.5, 0.6) is 11.5 Å². The van der Waals surface area contributed by atoms with Crippen LogP contribution in [0.25, 0.3) is 21.8 Å². The lowest BCUT2D eigenvalue weighted by molar-refractivity contribution is -0.115. The summed E-state index contributed by atoms with van der Waals surface area (Å²) in [5, 5.41) is 5.76. The number of anilines is 1. The van der Waals surface area contributed by atoms with Crippen molar-refractivity contribution < 1.29 is 14.3 Å². The maximum absolute atomic E-state index is 11.5. The van der Waals surface area contributed by atoms with Gasteiger partial charge in [-0.3, -0.25) is 4.79 Å². The maximum atomic E-state index is 11.5. The Morgan fingerprint density at radius 3 is 2.54 bits per heavy atom. The molecule has 0 unspecified atom stereocenters. The minimum absolute atomic E-state index is 0.000820. The molecule has 0 saturated carbocycles. The number of rotatable bonds is 6. The molecule has 5 nitrogen and oxygen atoms in total. The van der Waals surface area contributed by atoms with Crippen LogP contribution in [0, 0.1) is 0 Å². The zero-order chi connectivity index (χ0) is 18.5. The van der Waals surface area contributed by atoms with Gasteiger partial charge >= 0.3 is 0 Å². The topological polar surface area (TPSA) is 60.5 Å².